The second-order valence-corrected chi connectivity index (χ2v) is 4.03. The number of hydrogen-bond acceptors (Lipinski definition) is 4. The predicted molar refractivity (Wildman–Crippen MR) is 72.1 cm³/mol. The fourth-order valence-corrected chi connectivity index (χ4v) is 2.07. The zero-order chi connectivity index (χ0) is 13.2. The number of nitrogens with one attached hydrogen (secondary N) is 1. The molecule has 0 amide bonds. The summed E-state index contributed by atoms with van der Waals surface area (Å²) < 4.78 is 5.33. The molecule has 3 rings (SSSR count). The summed E-state index contributed by atoms with van der Waals surface area (Å²) in [5.74, 6) is 0.620. The Morgan fingerprint density at radius 1 is 1.21 bits per heavy atom. The summed E-state index contributed by atoms with van der Waals surface area (Å²) in [5, 5.41) is 7.88. The van der Waals surface area contributed by atoms with Crippen LogP contribution in [0.25, 0.3) is 22.0 Å². The molecule has 0 bridgehead atoms. The minimum Gasteiger partial charge on any atom is -0.496 e. The average Bonchev–Trinajstić information content (AvgIpc) is 2.48. The lowest BCUT2D eigenvalue weighted by Gasteiger charge is -2.08. The SMILES string of the molecule is COc1cccc2c(=O)[nH]nc(-c3cccnc3)c12. The highest BCUT2D eigenvalue weighted by molar-refractivity contribution is 5.98. The van der Waals surface area contributed by atoms with Crippen molar-refractivity contribution in [2.45, 2.75) is 0 Å². The highest BCUT2D eigenvalue weighted by Crippen LogP contribution is 2.31. The second kappa shape index (κ2) is 4.53. The molecular formula is C14H11N3O2. The largest absolute Gasteiger partial charge is 0.496 e. The van der Waals surface area contributed by atoms with Gasteiger partial charge >= 0.3 is 0 Å². The normalized spacial score (nSPS) is 10.6. The van der Waals surface area contributed by atoms with E-state index in [2.05, 4.69) is 15.2 Å². The van der Waals surface area contributed by atoms with Gasteiger partial charge in [0.1, 0.15) is 11.4 Å². The number of aromatic nitrogens is 3. The number of pyridine rings is 1. The van der Waals surface area contributed by atoms with E-state index < -0.39 is 0 Å². The quantitative estimate of drug-likeness (QED) is 0.758. The van der Waals surface area contributed by atoms with Crippen molar-refractivity contribution in [1.82, 2.24) is 15.2 Å². The molecule has 0 aliphatic heterocycles. The lowest BCUT2D eigenvalue weighted by molar-refractivity contribution is 0.419. The highest BCUT2D eigenvalue weighted by atomic mass is 16.5. The molecule has 0 unspecified atom stereocenters. The Hall–Kier alpha value is -2.69. The van der Waals surface area contributed by atoms with Crippen LogP contribution in [0.5, 0.6) is 5.75 Å². The number of hydrogen-bond donors (Lipinski definition) is 1. The number of ether oxygens (including phenoxy) is 1. The van der Waals surface area contributed by atoms with Gasteiger partial charge in [0.2, 0.25) is 0 Å². The van der Waals surface area contributed by atoms with Crippen LogP contribution in [0.3, 0.4) is 0 Å². The standard InChI is InChI=1S/C14H11N3O2/c1-19-11-6-2-5-10-12(11)13(16-17-14(10)18)9-4-3-7-15-8-9/h2-8H,1H3,(H,17,18). The van der Waals surface area contributed by atoms with Crippen molar-refractivity contribution in [3.05, 3.63) is 53.1 Å². The molecule has 0 aliphatic rings. The van der Waals surface area contributed by atoms with Crippen molar-refractivity contribution in [1.29, 1.82) is 0 Å². The van der Waals surface area contributed by atoms with Gasteiger partial charge in [0, 0.05) is 18.0 Å². The highest BCUT2D eigenvalue weighted by Gasteiger charge is 2.12. The molecule has 5 heteroatoms. The molecule has 0 atom stereocenters. The lowest BCUT2D eigenvalue weighted by atomic mass is 10.1. The molecule has 5 nitrogen and oxygen atoms in total. The lowest BCUT2D eigenvalue weighted by Crippen LogP contribution is -2.10. The number of rotatable bonds is 2. The van der Waals surface area contributed by atoms with E-state index in [1.54, 1.807) is 31.6 Å². The minimum atomic E-state index is -0.235. The van der Waals surface area contributed by atoms with E-state index >= 15 is 0 Å². The van der Waals surface area contributed by atoms with Crippen LogP contribution in [0, 0.1) is 0 Å². The summed E-state index contributed by atoms with van der Waals surface area (Å²) in [5.41, 5.74) is 1.25. The smallest absolute Gasteiger partial charge is 0.272 e. The molecule has 0 spiro atoms. The van der Waals surface area contributed by atoms with Crippen LogP contribution in [0.2, 0.25) is 0 Å². The Balaban J connectivity index is 2.44. The van der Waals surface area contributed by atoms with Crippen molar-refractivity contribution in [3.8, 4) is 17.0 Å². The summed E-state index contributed by atoms with van der Waals surface area (Å²) in [6.45, 7) is 0. The molecule has 19 heavy (non-hydrogen) atoms. The average molecular weight is 253 g/mol. The Morgan fingerprint density at radius 2 is 2.11 bits per heavy atom. The third-order valence-electron chi connectivity index (χ3n) is 2.93. The van der Waals surface area contributed by atoms with Crippen LogP contribution in [0.1, 0.15) is 0 Å². The molecule has 2 heterocycles. The molecular weight excluding hydrogens is 242 g/mol. The van der Waals surface area contributed by atoms with Gasteiger partial charge in [-0.2, -0.15) is 5.10 Å². The van der Waals surface area contributed by atoms with E-state index in [1.165, 1.54) is 0 Å². The van der Waals surface area contributed by atoms with Gasteiger partial charge in [0.15, 0.2) is 0 Å². The topological polar surface area (TPSA) is 67.9 Å². The number of aromatic amines is 1. The molecule has 94 valence electrons. The van der Waals surface area contributed by atoms with Gasteiger partial charge in [0.25, 0.3) is 5.56 Å². The first-order valence-electron chi connectivity index (χ1n) is 5.77. The fraction of sp³-hybridized carbons (Fsp3) is 0.0714. The van der Waals surface area contributed by atoms with Crippen LogP contribution >= 0.6 is 0 Å². The number of fused-ring (bicyclic) bond motifs is 1. The van der Waals surface area contributed by atoms with Crippen LogP contribution < -0.4 is 10.3 Å². The van der Waals surface area contributed by atoms with Gasteiger partial charge < -0.3 is 4.74 Å². The number of methoxy groups -OCH3 is 1. The van der Waals surface area contributed by atoms with Crippen molar-refractivity contribution in [3.63, 3.8) is 0 Å². The van der Waals surface area contributed by atoms with E-state index in [0.717, 1.165) is 5.56 Å². The molecule has 0 radical (unpaired) electrons. The van der Waals surface area contributed by atoms with Crippen LogP contribution in [0.15, 0.2) is 47.5 Å². The zero-order valence-electron chi connectivity index (χ0n) is 10.3. The van der Waals surface area contributed by atoms with Crippen LogP contribution in [-0.4, -0.2) is 22.3 Å². The molecule has 1 aromatic carbocycles. The minimum absolute atomic E-state index is 0.235. The molecule has 0 aliphatic carbocycles. The molecule has 0 saturated carbocycles. The van der Waals surface area contributed by atoms with E-state index in [-0.39, 0.29) is 5.56 Å². The monoisotopic (exact) mass is 253 g/mol. The molecule has 3 aromatic rings. The fourth-order valence-electron chi connectivity index (χ4n) is 2.07. The Bertz CT molecular complexity index is 782. The van der Waals surface area contributed by atoms with E-state index in [0.29, 0.717) is 22.2 Å². The van der Waals surface area contributed by atoms with Gasteiger partial charge in [-0.25, -0.2) is 5.10 Å². The molecule has 0 saturated heterocycles. The van der Waals surface area contributed by atoms with E-state index in [9.17, 15) is 4.79 Å². The number of H-pyrrole nitrogens is 1. The third kappa shape index (κ3) is 1.85. The second-order valence-electron chi connectivity index (χ2n) is 4.03. The van der Waals surface area contributed by atoms with Gasteiger partial charge in [0.05, 0.1) is 17.9 Å². The predicted octanol–water partition coefficient (Wildman–Crippen LogP) is 1.99. The Morgan fingerprint density at radius 3 is 2.84 bits per heavy atom. The van der Waals surface area contributed by atoms with Crippen molar-refractivity contribution in [2.24, 2.45) is 0 Å². The van der Waals surface area contributed by atoms with E-state index in [1.807, 2.05) is 18.2 Å². The number of benzene rings is 1. The molecule has 2 aromatic heterocycles. The van der Waals surface area contributed by atoms with Crippen molar-refractivity contribution < 1.29 is 4.74 Å². The van der Waals surface area contributed by atoms with Crippen LogP contribution in [0.4, 0.5) is 0 Å². The first-order chi connectivity index (χ1) is 9.31. The summed E-state index contributed by atoms with van der Waals surface area (Å²) in [6.07, 6.45) is 3.39. The third-order valence-corrected chi connectivity index (χ3v) is 2.93. The van der Waals surface area contributed by atoms with Gasteiger partial charge in [-0.05, 0) is 24.3 Å². The summed E-state index contributed by atoms with van der Waals surface area (Å²) in [6, 6.07) is 9.05. The van der Waals surface area contributed by atoms with Gasteiger partial charge in [-0.1, -0.05) is 6.07 Å². The summed E-state index contributed by atoms with van der Waals surface area (Å²) >= 11 is 0. The summed E-state index contributed by atoms with van der Waals surface area (Å²) in [4.78, 5) is 15.9. The van der Waals surface area contributed by atoms with Crippen LogP contribution in [-0.2, 0) is 0 Å². The number of nitrogens with zero attached hydrogens (tertiary/aromatic N) is 2. The zero-order valence-corrected chi connectivity index (χ0v) is 10.3. The maximum atomic E-state index is 11.8. The maximum absolute atomic E-state index is 11.8. The Labute approximate surface area is 108 Å². The molecule has 1 N–H and O–H groups in total. The van der Waals surface area contributed by atoms with Crippen molar-refractivity contribution >= 4 is 10.8 Å². The first-order valence-corrected chi connectivity index (χ1v) is 5.77. The van der Waals surface area contributed by atoms with Gasteiger partial charge in [-0.3, -0.25) is 9.78 Å². The molecule has 0 fully saturated rings. The maximum Gasteiger partial charge on any atom is 0.272 e. The Kier molecular flexibility index (Phi) is 2.72. The summed E-state index contributed by atoms with van der Waals surface area (Å²) in [7, 11) is 1.57. The van der Waals surface area contributed by atoms with Gasteiger partial charge in [-0.15, -0.1) is 0 Å². The van der Waals surface area contributed by atoms with Crippen molar-refractivity contribution in [2.75, 3.05) is 7.11 Å². The van der Waals surface area contributed by atoms with E-state index in [4.69, 9.17) is 4.74 Å². The first kappa shape index (κ1) is 11.4.